The van der Waals surface area contributed by atoms with Gasteiger partial charge in [0.15, 0.2) is 0 Å². The molecule has 0 aromatic carbocycles. The molecule has 0 radical (unpaired) electrons. The third kappa shape index (κ3) is 6.75. The summed E-state index contributed by atoms with van der Waals surface area (Å²) in [6.07, 6.45) is 8.73. The Labute approximate surface area is 162 Å². The molecule has 2 N–H and O–H groups in total. The third-order valence-electron chi connectivity index (χ3n) is 6.44. The predicted octanol–water partition coefficient (Wildman–Crippen LogP) is 2.60. The largest absolute Gasteiger partial charge is 0.375 e. The lowest BCUT2D eigenvalue weighted by atomic mass is 9.86. The van der Waals surface area contributed by atoms with Gasteiger partial charge in [0.05, 0.1) is 12.2 Å². The summed E-state index contributed by atoms with van der Waals surface area (Å²) in [5.74, 6) is 0.870. The van der Waals surface area contributed by atoms with Gasteiger partial charge >= 0.3 is 0 Å². The number of rotatable bonds is 5. The summed E-state index contributed by atoms with van der Waals surface area (Å²) in [7, 11) is 2.22. The van der Waals surface area contributed by atoms with Gasteiger partial charge in [-0.15, -0.1) is 0 Å². The van der Waals surface area contributed by atoms with E-state index in [0.717, 1.165) is 19.0 Å². The second-order valence-electron chi connectivity index (χ2n) is 8.38. The molecule has 5 nitrogen and oxygen atoms in total. The summed E-state index contributed by atoms with van der Waals surface area (Å²) >= 11 is 0. The quantitative estimate of drug-likeness (QED) is 0.808. The summed E-state index contributed by atoms with van der Waals surface area (Å²) in [6.45, 7) is 14.2. The lowest BCUT2D eigenvalue weighted by Gasteiger charge is -2.42. The van der Waals surface area contributed by atoms with Crippen molar-refractivity contribution in [1.82, 2.24) is 14.7 Å². The minimum atomic E-state index is 0.520. The molecule has 1 saturated carbocycles. The Morgan fingerprint density at radius 1 is 0.885 bits per heavy atom. The summed E-state index contributed by atoms with van der Waals surface area (Å²) in [5, 5.41) is 0. The molecule has 3 rings (SSSR count). The van der Waals surface area contributed by atoms with Gasteiger partial charge in [0.2, 0.25) is 0 Å². The molecule has 0 amide bonds. The van der Waals surface area contributed by atoms with E-state index in [1.54, 1.807) is 0 Å². The number of hydrogen-bond acceptors (Lipinski definition) is 5. The number of likely N-dealkylation sites (tertiary alicyclic amines) is 1. The van der Waals surface area contributed by atoms with Crippen LogP contribution in [0.4, 0.5) is 0 Å². The number of piperidine rings is 1. The summed E-state index contributed by atoms with van der Waals surface area (Å²) < 4.78 is 6.41. The Morgan fingerprint density at radius 2 is 1.50 bits per heavy atom. The van der Waals surface area contributed by atoms with E-state index in [2.05, 4.69) is 28.7 Å². The molecule has 2 saturated heterocycles. The molecule has 0 spiro atoms. The van der Waals surface area contributed by atoms with Crippen LogP contribution in [0.15, 0.2) is 0 Å². The van der Waals surface area contributed by atoms with Crippen LogP contribution in [-0.2, 0) is 4.74 Å². The molecule has 26 heavy (non-hydrogen) atoms. The van der Waals surface area contributed by atoms with Gasteiger partial charge in [0.1, 0.15) is 0 Å². The zero-order valence-electron chi connectivity index (χ0n) is 17.8. The van der Waals surface area contributed by atoms with E-state index in [9.17, 15) is 0 Å². The number of piperazine rings is 1. The van der Waals surface area contributed by atoms with Gasteiger partial charge in [0.25, 0.3) is 0 Å². The zero-order chi connectivity index (χ0) is 18.9. The lowest BCUT2D eigenvalue weighted by molar-refractivity contribution is -0.0612. The maximum Gasteiger partial charge on any atom is 0.0603 e. The topological polar surface area (TPSA) is 45.0 Å². The Morgan fingerprint density at radius 3 is 2.08 bits per heavy atom. The highest BCUT2D eigenvalue weighted by Gasteiger charge is 2.29. The van der Waals surface area contributed by atoms with Gasteiger partial charge in [-0.1, -0.05) is 13.8 Å². The van der Waals surface area contributed by atoms with Crippen LogP contribution >= 0.6 is 0 Å². The molecule has 0 bridgehead atoms. The van der Waals surface area contributed by atoms with Gasteiger partial charge in [-0.25, -0.2) is 0 Å². The van der Waals surface area contributed by atoms with Crippen molar-refractivity contribution in [2.45, 2.75) is 77.5 Å². The van der Waals surface area contributed by atoms with Crippen molar-refractivity contribution in [3.05, 3.63) is 0 Å². The molecule has 1 aliphatic carbocycles. The molecule has 1 unspecified atom stereocenters. The molecule has 5 heteroatoms. The highest BCUT2D eigenvalue weighted by Crippen LogP contribution is 2.30. The number of nitrogens with zero attached hydrogens (tertiary/aromatic N) is 3. The van der Waals surface area contributed by atoms with Crippen molar-refractivity contribution in [1.29, 1.82) is 0 Å². The maximum atomic E-state index is 6.41. The van der Waals surface area contributed by atoms with Crippen LogP contribution in [-0.4, -0.2) is 85.9 Å². The smallest absolute Gasteiger partial charge is 0.0603 e. The van der Waals surface area contributed by atoms with E-state index >= 15 is 0 Å². The first kappa shape index (κ1) is 22.1. The van der Waals surface area contributed by atoms with Gasteiger partial charge < -0.3 is 15.4 Å². The summed E-state index contributed by atoms with van der Waals surface area (Å²) in [5.41, 5.74) is 5.79. The fraction of sp³-hybridized carbons (Fsp3) is 1.00. The van der Waals surface area contributed by atoms with Crippen LogP contribution < -0.4 is 5.73 Å². The minimum absolute atomic E-state index is 0.520. The van der Waals surface area contributed by atoms with Gasteiger partial charge in [-0.2, -0.15) is 0 Å². The van der Waals surface area contributed by atoms with E-state index in [1.807, 2.05) is 13.8 Å². The van der Waals surface area contributed by atoms with Gasteiger partial charge in [0, 0.05) is 52.0 Å². The second-order valence-corrected chi connectivity index (χ2v) is 8.38. The van der Waals surface area contributed by atoms with Crippen LogP contribution in [0.25, 0.3) is 0 Å². The molecule has 0 aromatic rings. The van der Waals surface area contributed by atoms with Crippen molar-refractivity contribution in [3.63, 3.8) is 0 Å². The van der Waals surface area contributed by atoms with Crippen LogP contribution in [0.2, 0.25) is 0 Å². The summed E-state index contributed by atoms with van der Waals surface area (Å²) in [4.78, 5) is 7.48. The lowest BCUT2D eigenvalue weighted by Crippen LogP contribution is -2.54. The van der Waals surface area contributed by atoms with Crippen molar-refractivity contribution in [2.24, 2.45) is 11.7 Å². The molecule has 3 aliphatic rings. The SMILES string of the molecule is CC.CC1CN(CN)CCN1CC1CCC(OC2CCN(C)CC2)CC1. The molecule has 154 valence electrons. The Bertz CT molecular complexity index is 365. The standard InChI is InChI=1S/C19H38N4O.C2H6/c1-16-13-22(15-20)11-12-23(16)14-17-3-5-18(6-4-17)24-19-7-9-21(2)10-8-19;1-2/h16-19H,3-15,20H2,1-2H3;1-2H3. The molecule has 1 atom stereocenters. The number of ether oxygens (including phenoxy) is 1. The molecular weight excluding hydrogens is 324 g/mol. The van der Waals surface area contributed by atoms with Crippen LogP contribution in [0, 0.1) is 5.92 Å². The van der Waals surface area contributed by atoms with Crippen LogP contribution in [0.1, 0.15) is 59.3 Å². The maximum absolute atomic E-state index is 6.41. The molecule has 2 heterocycles. The first-order chi connectivity index (χ1) is 12.6. The van der Waals surface area contributed by atoms with Crippen molar-refractivity contribution in [2.75, 3.05) is 53.0 Å². The summed E-state index contributed by atoms with van der Waals surface area (Å²) in [6, 6.07) is 0.649. The normalized spacial score (nSPS) is 32.9. The third-order valence-corrected chi connectivity index (χ3v) is 6.44. The van der Waals surface area contributed by atoms with Crippen molar-refractivity contribution >= 4 is 0 Å². The monoisotopic (exact) mass is 368 g/mol. The molecule has 2 aliphatic heterocycles. The Kier molecular flexibility index (Phi) is 9.86. The average Bonchev–Trinajstić information content (AvgIpc) is 2.68. The first-order valence-corrected chi connectivity index (χ1v) is 11.1. The first-order valence-electron chi connectivity index (χ1n) is 11.1. The van der Waals surface area contributed by atoms with E-state index in [4.69, 9.17) is 10.5 Å². The molecule has 0 aromatic heterocycles. The highest BCUT2D eigenvalue weighted by atomic mass is 16.5. The van der Waals surface area contributed by atoms with Crippen molar-refractivity contribution < 1.29 is 4.74 Å². The Balaban J connectivity index is 0.00000117. The van der Waals surface area contributed by atoms with E-state index in [1.165, 1.54) is 64.7 Å². The average molecular weight is 369 g/mol. The van der Waals surface area contributed by atoms with Crippen molar-refractivity contribution in [3.8, 4) is 0 Å². The second kappa shape index (κ2) is 11.6. The van der Waals surface area contributed by atoms with E-state index in [0.29, 0.717) is 24.9 Å². The predicted molar refractivity (Wildman–Crippen MR) is 110 cm³/mol. The number of nitrogens with two attached hydrogens (primary N) is 1. The van der Waals surface area contributed by atoms with Crippen LogP contribution in [0.5, 0.6) is 0 Å². The zero-order valence-corrected chi connectivity index (χ0v) is 17.8. The van der Waals surface area contributed by atoms with E-state index < -0.39 is 0 Å². The fourth-order valence-electron chi connectivity index (χ4n) is 4.68. The molecular formula is C21H44N4O. The van der Waals surface area contributed by atoms with E-state index in [-0.39, 0.29) is 0 Å². The van der Waals surface area contributed by atoms with Crippen LogP contribution in [0.3, 0.4) is 0 Å². The molecule has 3 fully saturated rings. The number of hydrogen-bond donors (Lipinski definition) is 1. The Hall–Kier alpha value is -0.200. The highest BCUT2D eigenvalue weighted by molar-refractivity contribution is 4.83. The minimum Gasteiger partial charge on any atom is -0.375 e. The van der Waals surface area contributed by atoms with Gasteiger partial charge in [-0.3, -0.25) is 9.80 Å². The fourth-order valence-corrected chi connectivity index (χ4v) is 4.68. The van der Waals surface area contributed by atoms with Gasteiger partial charge in [-0.05, 0) is 58.4 Å².